The van der Waals surface area contributed by atoms with Crippen LogP contribution in [-0.2, 0) is 6.42 Å². The summed E-state index contributed by atoms with van der Waals surface area (Å²) in [6, 6.07) is 9.20. The van der Waals surface area contributed by atoms with Gasteiger partial charge in [-0.05, 0) is 36.8 Å². The maximum Gasteiger partial charge on any atom is 0.293 e. The number of piperidine rings is 1. The Balaban J connectivity index is 1.54. The Bertz CT molecular complexity index is 995. The first-order valence-electron chi connectivity index (χ1n) is 9.98. The van der Waals surface area contributed by atoms with E-state index in [0.29, 0.717) is 23.9 Å². The third-order valence-electron chi connectivity index (χ3n) is 5.27. The minimum Gasteiger partial charge on any atom is -0.443 e. The largest absolute Gasteiger partial charge is 0.443 e. The first-order valence-corrected chi connectivity index (χ1v) is 10.4. The fourth-order valence-electron chi connectivity index (χ4n) is 3.62. The Hall–Kier alpha value is -2.60. The molecule has 3 aromatic rings. The van der Waals surface area contributed by atoms with Crippen LogP contribution in [0.5, 0.6) is 0 Å². The predicted octanol–water partition coefficient (Wildman–Crippen LogP) is 5.40. The van der Waals surface area contributed by atoms with Gasteiger partial charge in [0.1, 0.15) is 11.8 Å². The van der Waals surface area contributed by atoms with E-state index in [4.69, 9.17) is 20.5 Å². The van der Waals surface area contributed by atoms with E-state index in [0.717, 1.165) is 36.3 Å². The second-order valence-electron chi connectivity index (χ2n) is 7.71. The topological polar surface area (TPSA) is 72.4 Å². The van der Waals surface area contributed by atoms with Crippen molar-refractivity contribution in [3.05, 3.63) is 70.2 Å². The summed E-state index contributed by atoms with van der Waals surface area (Å²) in [7, 11) is 0. The van der Waals surface area contributed by atoms with Gasteiger partial charge in [-0.15, -0.1) is 0 Å². The third kappa shape index (κ3) is 4.22. The van der Waals surface area contributed by atoms with E-state index in [1.807, 2.05) is 38.1 Å². The molecule has 3 heterocycles. The van der Waals surface area contributed by atoms with Crippen molar-refractivity contribution in [1.82, 2.24) is 15.0 Å². The molecule has 1 aromatic carbocycles. The SMILES string of the molecule is CC(C)c1cc(C(=O)N2CCCC[C@H]2c2ncc(Cc3ccccc3Cl)o2)on1. The van der Waals surface area contributed by atoms with Crippen molar-refractivity contribution in [3.63, 3.8) is 0 Å². The highest BCUT2D eigenvalue weighted by Gasteiger charge is 2.33. The summed E-state index contributed by atoms with van der Waals surface area (Å²) < 4.78 is 11.3. The summed E-state index contributed by atoms with van der Waals surface area (Å²) in [4.78, 5) is 19.3. The van der Waals surface area contributed by atoms with Crippen LogP contribution in [0.4, 0.5) is 0 Å². The second kappa shape index (κ2) is 8.41. The van der Waals surface area contributed by atoms with Crippen molar-refractivity contribution in [2.24, 2.45) is 0 Å². The van der Waals surface area contributed by atoms with Gasteiger partial charge in [0, 0.05) is 24.1 Å². The average Bonchev–Trinajstić information content (AvgIpc) is 3.39. The predicted molar refractivity (Wildman–Crippen MR) is 109 cm³/mol. The fourth-order valence-corrected chi connectivity index (χ4v) is 3.83. The van der Waals surface area contributed by atoms with Crippen LogP contribution in [0, 0.1) is 0 Å². The molecule has 4 rings (SSSR count). The molecule has 1 atom stereocenters. The van der Waals surface area contributed by atoms with Gasteiger partial charge in [0.05, 0.1) is 11.9 Å². The summed E-state index contributed by atoms with van der Waals surface area (Å²) >= 11 is 6.26. The molecule has 1 aliphatic rings. The first-order chi connectivity index (χ1) is 14.0. The Morgan fingerprint density at radius 2 is 2.14 bits per heavy atom. The molecule has 152 valence electrons. The molecule has 1 saturated heterocycles. The molecule has 0 saturated carbocycles. The number of hydrogen-bond donors (Lipinski definition) is 0. The summed E-state index contributed by atoms with van der Waals surface area (Å²) in [6.07, 6.45) is 5.06. The lowest BCUT2D eigenvalue weighted by Gasteiger charge is -2.32. The van der Waals surface area contributed by atoms with Crippen LogP contribution >= 0.6 is 11.6 Å². The van der Waals surface area contributed by atoms with Crippen LogP contribution in [0.25, 0.3) is 0 Å². The highest BCUT2D eigenvalue weighted by molar-refractivity contribution is 6.31. The molecule has 0 unspecified atom stereocenters. The lowest BCUT2D eigenvalue weighted by atomic mass is 10.0. The molecule has 29 heavy (non-hydrogen) atoms. The van der Waals surface area contributed by atoms with Gasteiger partial charge in [-0.3, -0.25) is 4.79 Å². The lowest BCUT2D eigenvalue weighted by Crippen LogP contribution is -2.38. The summed E-state index contributed by atoms with van der Waals surface area (Å²) in [6.45, 7) is 4.68. The minimum atomic E-state index is -0.205. The van der Waals surface area contributed by atoms with Crippen LogP contribution < -0.4 is 0 Å². The number of oxazole rings is 1. The quantitative estimate of drug-likeness (QED) is 0.560. The molecule has 6 nitrogen and oxygen atoms in total. The molecule has 1 amide bonds. The van der Waals surface area contributed by atoms with Crippen molar-refractivity contribution >= 4 is 17.5 Å². The van der Waals surface area contributed by atoms with Crippen molar-refractivity contribution in [1.29, 1.82) is 0 Å². The fraction of sp³-hybridized carbons (Fsp3) is 0.409. The van der Waals surface area contributed by atoms with E-state index >= 15 is 0 Å². The molecular formula is C22H24ClN3O3. The second-order valence-corrected chi connectivity index (χ2v) is 8.12. The Kier molecular flexibility index (Phi) is 5.72. The van der Waals surface area contributed by atoms with E-state index in [9.17, 15) is 4.79 Å². The normalized spacial score (nSPS) is 17.1. The van der Waals surface area contributed by atoms with Crippen LogP contribution in [0.2, 0.25) is 5.02 Å². The monoisotopic (exact) mass is 413 g/mol. The van der Waals surface area contributed by atoms with Gasteiger partial charge in [0.2, 0.25) is 11.7 Å². The molecule has 0 N–H and O–H groups in total. The summed E-state index contributed by atoms with van der Waals surface area (Å²) in [5, 5.41) is 4.71. The molecule has 0 radical (unpaired) electrons. The van der Waals surface area contributed by atoms with Gasteiger partial charge in [-0.1, -0.05) is 48.8 Å². The smallest absolute Gasteiger partial charge is 0.293 e. The number of halogens is 1. The Labute approximate surface area is 174 Å². The molecule has 7 heteroatoms. The van der Waals surface area contributed by atoms with Crippen LogP contribution in [0.15, 0.2) is 45.5 Å². The zero-order valence-electron chi connectivity index (χ0n) is 16.6. The lowest BCUT2D eigenvalue weighted by molar-refractivity contribution is 0.0528. The van der Waals surface area contributed by atoms with Gasteiger partial charge in [-0.2, -0.15) is 0 Å². The maximum absolute atomic E-state index is 13.1. The molecule has 0 spiro atoms. The zero-order valence-corrected chi connectivity index (χ0v) is 17.4. The molecule has 0 aliphatic carbocycles. The van der Waals surface area contributed by atoms with Crippen LogP contribution in [-0.4, -0.2) is 27.5 Å². The number of aromatic nitrogens is 2. The highest BCUT2D eigenvalue weighted by atomic mass is 35.5. The molecule has 0 bridgehead atoms. The standard InChI is InChI=1S/C22H24ClN3O3/c1-14(2)18-12-20(29-25-18)22(27)26-10-6-5-9-19(26)21-24-13-16(28-21)11-15-7-3-4-8-17(15)23/h3-4,7-8,12-14,19H,5-6,9-11H2,1-2H3/t19-/m0/s1. The van der Waals surface area contributed by atoms with E-state index in [1.54, 1.807) is 17.2 Å². The van der Waals surface area contributed by atoms with Gasteiger partial charge in [-0.25, -0.2) is 4.98 Å². The number of hydrogen-bond acceptors (Lipinski definition) is 5. The number of amides is 1. The number of benzene rings is 1. The van der Waals surface area contributed by atoms with E-state index < -0.39 is 0 Å². The van der Waals surface area contributed by atoms with Crippen LogP contribution in [0.1, 0.15) is 78.5 Å². The minimum absolute atomic E-state index is 0.167. The number of likely N-dealkylation sites (tertiary alicyclic amines) is 1. The number of nitrogens with zero attached hydrogens (tertiary/aromatic N) is 3. The Morgan fingerprint density at radius 3 is 2.90 bits per heavy atom. The van der Waals surface area contributed by atoms with E-state index in [1.165, 1.54) is 0 Å². The summed E-state index contributed by atoms with van der Waals surface area (Å²) in [5.41, 5.74) is 1.76. The number of carbonyl (C=O) groups excluding carboxylic acids is 1. The third-order valence-corrected chi connectivity index (χ3v) is 5.64. The summed E-state index contributed by atoms with van der Waals surface area (Å²) in [5.74, 6) is 1.59. The Morgan fingerprint density at radius 1 is 1.31 bits per heavy atom. The average molecular weight is 414 g/mol. The molecule has 1 fully saturated rings. The van der Waals surface area contributed by atoms with Crippen molar-refractivity contribution in [2.45, 2.75) is 51.5 Å². The van der Waals surface area contributed by atoms with Crippen molar-refractivity contribution in [3.8, 4) is 0 Å². The van der Waals surface area contributed by atoms with Gasteiger partial charge >= 0.3 is 0 Å². The van der Waals surface area contributed by atoms with E-state index in [-0.39, 0.29) is 23.6 Å². The molecule has 2 aromatic heterocycles. The molecule has 1 aliphatic heterocycles. The van der Waals surface area contributed by atoms with Crippen LogP contribution in [0.3, 0.4) is 0 Å². The number of rotatable bonds is 5. The first kappa shape index (κ1) is 19.7. The molecular weight excluding hydrogens is 390 g/mol. The van der Waals surface area contributed by atoms with Gasteiger partial charge in [0.25, 0.3) is 5.91 Å². The van der Waals surface area contributed by atoms with Gasteiger partial charge < -0.3 is 13.8 Å². The van der Waals surface area contributed by atoms with Crippen molar-refractivity contribution in [2.75, 3.05) is 6.54 Å². The van der Waals surface area contributed by atoms with Gasteiger partial charge in [0.15, 0.2) is 0 Å². The number of carbonyl (C=O) groups is 1. The van der Waals surface area contributed by atoms with Crippen molar-refractivity contribution < 1.29 is 13.7 Å². The highest BCUT2D eigenvalue weighted by Crippen LogP contribution is 2.33. The van der Waals surface area contributed by atoms with E-state index in [2.05, 4.69) is 10.1 Å². The zero-order chi connectivity index (χ0) is 20.4. The maximum atomic E-state index is 13.1.